The number of hydrogen-bond donors (Lipinski definition) is 1. The molecule has 1 aromatic rings. The van der Waals surface area contributed by atoms with Gasteiger partial charge in [0, 0.05) is 23.3 Å². The van der Waals surface area contributed by atoms with Crippen molar-refractivity contribution < 1.29 is 0 Å². The molecule has 4 heteroatoms. The van der Waals surface area contributed by atoms with Crippen molar-refractivity contribution in [1.82, 2.24) is 9.97 Å². The minimum Gasteiger partial charge on any atom is -0.352 e. The van der Waals surface area contributed by atoms with Gasteiger partial charge >= 0.3 is 0 Å². The second kappa shape index (κ2) is 5.91. The molecule has 0 spiro atoms. The van der Waals surface area contributed by atoms with Crippen LogP contribution in [0.25, 0.3) is 0 Å². The molecular formula is C11H18ClN3. The SMILES string of the molecule is Cc1cc(C)nc(NC(C)CCCCl)n1. The molecule has 0 radical (unpaired) electrons. The summed E-state index contributed by atoms with van der Waals surface area (Å²) >= 11 is 5.64. The first-order valence-corrected chi connectivity index (χ1v) is 5.80. The lowest BCUT2D eigenvalue weighted by Gasteiger charge is -2.13. The minimum absolute atomic E-state index is 0.366. The standard InChI is InChI=1S/C11H18ClN3/c1-8(5-4-6-12)13-11-14-9(2)7-10(3)15-11/h7-8H,4-6H2,1-3H3,(H,13,14,15). The second-order valence-corrected chi connectivity index (χ2v) is 4.23. The Labute approximate surface area is 96.3 Å². The van der Waals surface area contributed by atoms with E-state index in [1.807, 2.05) is 19.9 Å². The summed E-state index contributed by atoms with van der Waals surface area (Å²) in [6.07, 6.45) is 2.06. The maximum Gasteiger partial charge on any atom is 0.223 e. The number of anilines is 1. The molecular weight excluding hydrogens is 210 g/mol. The van der Waals surface area contributed by atoms with Crippen LogP contribution in [0.4, 0.5) is 5.95 Å². The van der Waals surface area contributed by atoms with Gasteiger partial charge in [0.2, 0.25) is 5.95 Å². The third-order valence-corrected chi connectivity index (χ3v) is 2.40. The summed E-state index contributed by atoms with van der Waals surface area (Å²) in [4.78, 5) is 8.65. The number of aromatic nitrogens is 2. The largest absolute Gasteiger partial charge is 0.352 e. The monoisotopic (exact) mass is 227 g/mol. The first-order chi connectivity index (χ1) is 7.11. The molecule has 1 rings (SSSR count). The van der Waals surface area contributed by atoms with E-state index in [0.29, 0.717) is 11.9 Å². The second-order valence-electron chi connectivity index (χ2n) is 3.85. The molecule has 0 aromatic carbocycles. The normalized spacial score (nSPS) is 12.5. The molecule has 1 heterocycles. The number of nitrogens with one attached hydrogen (secondary N) is 1. The lowest BCUT2D eigenvalue weighted by Crippen LogP contribution is -2.17. The maximum atomic E-state index is 5.64. The molecule has 1 unspecified atom stereocenters. The molecule has 0 bridgehead atoms. The zero-order valence-corrected chi connectivity index (χ0v) is 10.3. The van der Waals surface area contributed by atoms with E-state index in [1.54, 1.807) is 0 Å². The van der Waals surface area contributed by atoms with Crippen molar-refractivity contribution in [3.05, 3.63) is 17.5 Å². The molecule has 15 heavy (non-hydrogen) atoms. The molecule has 0 fully saturated rings. The number of alkyl halides is 1. The Hall–Kier alpha value is -0.830. The van der Waals surface area contributed by atoms with Crippen LogP contribution in [-0.2, 0) is 0 Å². The van der Waals surface area contributed by atoms with Crippen LogP contribution in [0, 0.1) is 13.8 Å². The van der Waals surface area contributed by atoms with Gasteiger partial charge in [-0.25, -0.2) is 9.97 Å². The van der Waals surface area contributed by atoms with E-state index in [1.165, 1.54) is 0 Å². The highest BCUT2D eigenvalue weighted by molar-refractivity contribution is 6.17. The van der Waals surface area contributed by atoms with Crippen LogP contribution < -0.4 is 5.32 Å². The fourth-order valence-electron chi connectivity index (χ4n) is 1.47. The van der Waals surface area contributed by atoms with E-state index in [0.717, 1.165) is 30.2 Å². The summed E-state index contributed by atoms with van der Waals surface area (Å²) in [6, 6.07) is 2.33. The molecule has 1 aromatic heterocycles. The fourth-order valence-corrected chi connectivity index (χ4v) is 1.62. The van der Waals surface area contributed by atoms with Crippen molar-refractivity contribution in [1.29, 1.82) is 0 Å². The molecule has 1 atom stereocenters. The Kier molecular flexibility index (Phi) is 4.82. The molecule has 0 saturated heterocycles. The quantitative estimate of drug-likeness (QED) is 0.786. The van der Waals surface area contributed by atoms with Gasteiger partial charge in [-0.15, -0.1) is 11.6 Å². The average Bonchev–Trinajstić information content (AvgIpc) is 2.13. The van der Waals surface area contributed by atoms with Crippen LogP contribution in [0.15, 0.2) is 6.07 Å². The number of aryl methyl sites for hydroxylation is 2. The van der Waals surface area contributed by atoms with E-state index < -0.39 is 0 Å². The molecule has 84 valence electrons. The summed E-state index contributed by atoms with van der Waals surface area (Å²) < 4.78 is 0. The molecule has 3 nitrogen and oxygen atoms in total. The van der Waals surface area contributed by atoms with Gasteiger partial charge in [-0.2, -0.15) is 0 Å². The van der Waals surface area contributed by atoms with Gasteiger partial charge in [-0.05, 0) is 39.7 Å². The minimum atomic E-state index is 0.366. The number of hydrogen-bond acceptors (Lipinski definition) is 3. The lowest BCUT2D eigenvalue weighted by molar-refractivity contribution is 0.685. The zero-order chi connectivity index (χ0) is 11.3. The maximum absolute atomic E-state index is 5.64. The van der Waals surface area contributed by atoms with Gasteiger partial charge < -0.3 is 5.32 Å². The van der Waals surface area contributed by atoms with Crippen LogP contribution in [0.3, 0.4) is 0 Å². The topological polar surface area (TPSA) is 37.8 Å². The van der Waals surface area contributed by atoms with Crippen LogP contribution in [0.1, 0.15) is 31.2 Å². The third kappa shape index (κ3) is 4.47. The molecule has 0 amide bonds. The van der Waals surface area contributed by atoms with Gasteiger partial charge in [-0.1, -0.05) is 0 Å². The summed E-state index contributed by atoms with van der Waals surface area (Å²) in [5.74, 6) is 1.43. The highest BCUT2D eigenvalue weighted by Crippen LogP contribution is 2.08. The third-order valence-electron chi connectivity index (χ3n) is 2.13. The average molecular weight is 228 g/mol. The fraction of sp³-hybridized carbons (Fsp3) is 0.636. The van der Waals surface area contributed by atoms with Gasteiger partial charge in [0.25, 0.3) is 0 Å². The molecule has 1 N–H and O–H groups in total. The predicted octanol–water partition coefficient (Wildman–Crippen LogP) is 2.91. The Morgan fingerprint density at radius 2 is 1.93 bits per heavy atom. The molecule has 0 aliphatic rings. The van der Waals surface area contributed by atoms with E-state index in [-0.39, 0.29) is 0 Å². The van der Waals surface area contributed by atoms with Crippen LogP contribution in [-0.4, -0.2) is 21.9 Å². The smallest absolute Gasteiger partial charge is 0.223 e. The van der Waals surface area contributed by atoms with Crippen molar-refractivity contribution in [3.8, 4) is 0 Å². The highest BCUT2D eigenvalue weighted by Gasteiger charge is 2.04. The summed E-state index contributed by atoms with van der Waals surface area (Å²) in [5.41, 5.74) is 1.99. The summed E-state index contributed by atoms with van der Waals surface area (Å²) in [7, 11) is 0. The number of halogens is 1. The van der Waals surface area contributed by atoms with Gasteiger partial charge in [0.15, 0.2) is 0 Å². The van der Waals surface area contributed by atoms with E-state index in [9.17, 15) is 0 Å². The van der Waals surface area contributed by atoms with Gasteiger partial charge in [-0.3, -0.25) is 0 Å². The van der Waals surface area contributed by atoms with Crippen molar-refractivity contribution >= 4 is 17.5 Å². The Morgan fingerprint density at radius 3 is 2.47 bits per heavy atom. The van der Waals surface area contributed by atoms with Crippen molar-refractivity contribution in [2.24, 2.45) is 0 Å². The van der Waals surface area contributed by atoms with E-state index in [2.05, 4.69) is 22.2 Å². The van der Waals surface area contributed by atoms with Crippen LogP contribution >= 0.6 is 11.6 Å². The van der Waals surface area contributed by atoms with E-state index in [4.69, 9.17) is 11.6 Å². The molecule has 0 saturated carbocycles. The zero-order valence-electron chi connectivity index (χ0n) is 9.55. The summed E-state index contributed by atoms with van der Waals surface area (Å²) in [6.45, 7) is 6.07. The Morgan fingerprint density at radius 1 is 1.33 bits per heavy atom. The highest BCUT2D eigenvalue weighted by atomic mass is 35.5. The number of nitrogens with zero attached hydrogens (tertiary/aromatic N) is 2. The molecule has 0 aliphatic carbocycles. The van der Waals surface area contributed by atoms with Gasteiger partial charge in [0.05, 0.1) is 0 Å². The Balaban J connectivity index is 2.56. The summed E-state index contributed by atoms with van der Waals surface area (Å²) in [5, 5.41) is 3.28. The van der Waals surface area contributed by atoms with Crippen LogP contribution in [0.5, 0.6) is 0 Å². The van der Waals surface area contributed by atoms with Gasteiger partial charge in [0.1, 0.15) is 0 Å². The predicted molar refractivity (Wildman–Crippen MR) is 64.5 cm³/mol. The number of rotatable bonds is 5. The lowest BCUT2D eigenvalue weighted by atomic mass is 10.2. The first kappa shape index (κ1) is 12.2. The van der Waals surface area contributed by atoms with Crippen LogP contribution in [0.2, 0.25) is 0 Å². The first-order valence-electron chi connectivity index (χ1n) is 5.26. The van der Waals surface area contributed by atoms with E-state index >= 15 is 0 Å². The van der Waals surface area contributed by atoms with Crippen molar-refractivity contribution in [2.45, 2.75) is 39.7 Å². The Bertz CT molecular complexity index is 294. The van der Waals surface area contributed by atoms with Crippen molar-refractivity contribution in [2.75, 3.05) is 11.2 Å². The van der Waals surface area contributed by atoms with Crippen molar-refractivity contribution in [3.63, 3.8) is 0 Å². The molecule has 0 aliphatic heterocycles.